The number of carbonyl (C=O) groups is 2. The zero-order chi connectivity index (χ0) is 15.2. The number of methoxy groups -OCH3 is 1. The van der Waals surface area contributed by atoms with Crippen LogP contribution in [0.5, 0.6) is 0 Å². The van der Waals surface area contributed by atoms with Gasteiger partial charge >= 0.3 is 5.97 Å². The first-order valence-electron chi connectivity index (χ1n) is 7.54. The van der Waals surface area contributed by atoms with Crippen LogP contribution in [0.1, 0.15) is 42.7 Å². The number of esters is 1. The van der Waals surface area contributed by atoms with E-state index in [1.165, 1.54) is 13.5 Å². The highest BCUT2D eigenvalue weighted by atomic mass is 16.5. The smallest absolute Gasteiger partial charge is 0.306 e. The molecule has 0 N–H and O–H groups in total. The lowest BCUT2D eigenvalue weighted by Crippen LogP contribution is -2.39. The highest BCUT2D eigenvalue weighted by Crippen LogP contribution is 2.25. The third kappa shape index (κ3) is 4.06. The Bertz CT molecular complexity index is 489. The fraction of sp³-hybridized carbons (Fsp3) is 0.529. The summed E-state index contributed by atoms with van der Waals surface area (Å²) < 4.78 is 4.75. The summed E-state index contributed by atoms with van der Waals surface area (Å²) in [4.78, 5) is 26.3. The third-order valence-corrected chi connectivity index (χ3v) is 4.04. The van der Waals surface area contributed by atoms with Crippen molar-refractivity contribution < 1.29 is 14.3 Å². The maximum absolute atomic E-state index is 12.8. The monoisotopic (exact) mass is 289 g/mol. The van der Waals surface area contributed by atoms with Gasteiger partial charge in [-0.15, -0.1) is 0 Å². The highest BCUT2D eigenvalue weighted by molar-refractivity contribution is 5.88. The SMILES string of the molecule is COC(=O)CC(C(=O)N1CCCCC1)c1ccc(C)cc1. The van der Waals surface area contributed by atoms with Gasteiger partial charge in [0.1, 0.15) is 0 Å². The molecule has 0 aromatic heterocycles. The van der Waals surface area contributed by atoms with Crippen LogP contribution < -0.4 is 0 Å². The summed E-state index contributed by atoms with van der Waals surface area (Å²) in [5.41, 5.74) is 2.03. The van der Waals surface area contributed by atoms with Gasteiger partial charge < -0.3 is 9.64 Å². The Morgan fingerprint density at radius 3 is 2.33 bits per heavy atom. The van der Waals surface area contributed by atoms with Crippen molar-refractivity contribution in [3.63, 3.8) is 0 Å². The zero-order valence-electron chi connectivity index (χ0n) is 12.8. The Morgan fingerprint density at radius 2 is 1.76 bits per heavy atom. The predicted molar refractivity (Wildman–Crippen MR) is 81.0 cm³/mol. The van der Waals surface area contributed by atoms with Crippen LogP contribution in [0.25, 0.3) is 0 Å². The van der Waals surface area contributed by atoms with Crippen LogP contribution in [0.4, 0.5) is 0 Å². The van der Waals surface area contributed by atoms with Gasteiger partial charge in [-0.2, -0.15) is 0 Å². The van der Waals surface area contributed by atoms with Crippen molar-refractivity contribution >= 4 is 11.9 Å². The molecule has 21 heavy (non-hydrogen) atoms. The fourth-order valence-corrected chi connectivity index (χ4v) is 2.73. The summed E-state index contributed by atoms with van der Waals surface area (Å²) in [7, 11) is 1.36. The van der Waals surface area contributed by atoms with Crippen LogP contribution in [0, 0.1) is 6.92 Å². The van der Waals surface area contributed by atoms with E-state index in [0.717, 1.165) is 37.1 Å². The van der Waals surface area contributed by atoms with Gasteiger partial charge in [-0.3, -0.25) is 9.59 Å². The molecule has 1 aliphatic rings. The van der Waals surface area contributed by atoms with E-state index in [-0.39, 0.29) is 18.3 Å². The Kier molecular flexibility index (Phi) is 5.37. The predicted octanol–water partition coefficient (Wildman–Crippen LogP) is 2.65. The summed E-state index contributed by atoms with van der Waals surface area (Å²) in [5, 5.41) is 0. The van der Waals surface area contributed by atoms with Crippen molar-refractivity contribution in [1.29, 1.82) is 0 Å². The number of likely N-dealkylation sites (tertiary alicyclic amines) is 1. The summed E-state index contributed by atoms with van der Waals surface area (Å²) in [5.74, 6) is -0.731. The van der Waals surface area contributed by atoms with Crippen LogP contribution in [0.15, 0.2) is 24.3 Å². The number of carbonyl (C=O) groups excluding carboxylic acids is 2. The summed E-state index contributed by atoms with van der Waals surface area (Å²) in [6, 6.07) is 7.82. The molecule has 2 rings (SSSR count). The van der Waals surface area contributed by atoms with E-state index < -0.39 is 5.92 Å². The molecule has 0 saturated carbocycles. The molecule has 114 valence electrons. The normalized spacial score (nSPS) is 16.4. The number of hydrogen-bond acceptors (Lipinski definition) is 3. The van der Waals surface area contributed by atoms with E-state index >= 15 is 0 Å². The summed E-state index contributed by atoms with van der Waals surface area (Å²) in [6.07, 6.45) is 3.38. The summed E-state index contributed by atoms with van der Waals surface area (Å²) in [6.45, 7) is 3.59. The zero-order valence-corrected chi connectivity index (χ0v) is 12.8. The van der Waals surface area contributed by atoms with Gasteiger partial charge in [0.2, 0.25) is 5.91 Å². The maximum atomic E-state index is 12.8. The number of hydrogen-bond donors (Lipinski definition) is 0. The largest absolute Gasteiger partial charge is 0.469 e. The van der Waals surface area contributed by atoms with Crippen molar-refractivity contribution in [2.45, 2.75) is 38.5 Å². The van der Waals surface area contributed by atoms with Crippen molar-refractivity contribution in [3.05, 3.63) is 35.4 Å². The number of aryl methyl sites for hydroxylation is 1. The number of nitrogens with zero attached hydrogens (tertiary/aromatic N) is 1. The standard InChI is InChI=1S/C17H23NO3/c1-13-6-8-14(9-7-13)15(12-16(19)21-2)17(20)18-10-4-3-5-11-18/h6-9,15H,3-5,10-12H2,1-2H3. The van der Waals surface area contributed by atoms with Gasteiger partial charge in [0.05, 0.1) is 19.4 Å². The van der Waals surface area contributed by atoms with Crippen LogP contribution in [0.3, 0.4) is 0 Å². The molecule has 0 bridgehead atoms. The Labute approximate surface area is 126 Å². The van der Waals surface area contributed by atoms with Gasteiger partial charge in [0, 0.05) is 13.1 Å². The first-order chi connectivity index (χ1) is 10.1. The van der Waals surface area contributed by atoms with Crippen molar-refractivity contribution in [1.82, 2.24) is 4.90 Å². The molecule has 1 aliphatic heterocycles. The molecule has 4 heteroatoms. The van der Waals surface area contributed by atoms with Crippen LogP contribution in [-0.2, 0) is 14.3 Å². The number of rotatable bonds is 4. The number of amides is 1. The van der Waals surface area contributed by atoms with E-state index in [0.29, 0.717) is 0 Å². The molecule has 0 spiro atoms. The second-order valence-electron chi connectivity index (χ2n) is 5.63. The van der Waals surface area contributed by atoms with Gasteiger partial charge in [0.25, 0.3) is 0 Å². The quantitative estimate of drug-likeness (QED) is 0.801. The molecule has 1 fully saturated rings. The Balaban J connectivity index is 2.20. The van der Waals surface area contributed by atoms with Crippen LogP contribution in [-0.4, -0.2) is 37.0 Å². The molecule has 4 nitrogen and oxygen atoms in total. The summed E-state index contributed by atoms with van der Waals surface area (Å²) >= 11 is 0. The molecule has 1 aromatic carbocycles. The number of piperidine rings is 1. The molecular formula is C17H23NO3. The van der Waals surface area contributed by atoms with E-state index in [1.54, 1.807) is 0 Å². The lowest BCUT2D eigenvalue weighted by Gasteiger charge is -2.30. The van der Waals surface area contributed by atoms with Crippen LogP contribution >= 0.6 is 0 Å². The minimum Gasteiger partial charge on any atom is -0.469 e. The van der Waals surface area contributed by atoms with Crippen LogP contribution in [0.2, 0.25) is 0 Å². The lowest BCUT2D eigenvalue weighted by molar-refractivity contribution is -0.145. The molecule has 1 atom stereocenters. The second-order valence-corrected chi connectivity index (χ2v) is 5.63. The molecule has 1 heterocycles. The Hall–Kier alpha value is -1.84. The average molecular weight is 289 g/mol. The third-order valence-electron chi connectivity index (χ3n) is 4.04. The fourth-order valence-electron chi connectivity index (χ4n) is 2.73. The minimum atomic E-state index is -0.434. The average Bonchev–Trinajstić information content (AvgIpc) is 2.53. The van der Waals surface area contributed by atoms with Crippen molar-refractivity contribution in [2.75, 3.05) is 20.2 Å². The van der Waals surface area contributed by atoms with E-state index in [9.17, 15) is 9.59 Å². The lowest BCUT2D eigenvalue weighted by atomic mass is 9.92. The van der Waals surface area contributed by atoms with Gasteiger partial charge in [-0.05, 0) is 31.7 Å². The molecule has 0 radical (unpaired) electrons. The molecule has 1 saturated heterocycles. The maximum Gasteiger partial charge on any atom is 0.306 e. The highest BCUT2D eigenvalue weighted by Gasteiger charge is 2.29. The van der Waals surface area contributed by atoms with Gasteiger partial charge in [-0.25, -0.2) is 0 Å². The van der Waals surface area contributed by atoms with Gasteiger partial charge in [0.15, 0.2) is 0 Å². The minimum absolute atomic E-state index is 0.0453. The first-order valence-corrected chi connectivity index (χ1v) is 7.54. The number of benzene rings is 1. The number of ether oxygens (including phenoxy) is 1. The Morgan fingerprint density at radius 1 is 1.14 bits per heavy atom. The second kappa shape index (κ2) is 7.25. The molecule has 0 aliphatic carbocycles. The van der Waals surface area contributed by atoms with Crippen molar-refractivity contribution in [3.8, 4) is 0 Å². The van der Waals surface area contributed by atoms with E-state index in [4.69, 9.17) is 4.74 Å². The topological polar surface area (TPSA) is 46.6 Å². The van der Waals surface area contributed by atoms with Gasteiger partial charge in [-0.1, -0.05) is 29.8 Å². The molecular weight excluding hydrogens is 266 g/mol. The van der Waals surface area contributed by atoms with Crippen molar-refractivity contribution in [2.24, 2.45) is 0 Å². The molecule has 1 aromatic rings. The molecule has 1 unspecified atom stereocenters. The molecule has 1 amide bonds. The van der Waals surface area contributed by atoms with E-state index in [1.807, 2.05) is 36.1 Å². The first kappa shape index (κ1) is 15.5. The van der Waals surface area contributed by atoms with E-state index in [2.05, 4.69) is 0 Å².